The van der Waals surface area contributed by atoms with Crippen LogP contribution in [0.2, 0.25) is 5.28 Å². The number of phenolic OH excluding ortho intramolecular Hbond substituents is 1. The number of hydrogen-bond acceptors (Lipinski definition) is 18. The largest absolute Gasteiger partial charge is 0.505 e. The number of aromatic hydroxyl groups is 1. The number of rotatable bonds is 12. The standard InChI is InChI=1S/C29H20ClN7O13S4/c30-27-33-28(31-18-7-3-4-8-22(18)53(43,44)45)35-29(34-27)32-20-13-16(52(40,41)42)11-15-12-21(51-50-49-39)24(25(38)23(15)20)37-36-19-10-9-14-5-1-2-6-17(14)26(19)54(46,47)48/h1-13,38-39H,(H,40,41,42)(H,43,44,45)(H,46,47,48)(H2,31,32,33,34,35). The number of para-hydroxylation sites is 1. The van der Waals surface area contributed by atoms with Gasteiger partial charge in [-0.1, -0.05) is 47.5 Å². The molecule has 0 bridgehead atoms. The first-order chi connectivity index (χ1) is 25.4. The van der Waals surface area contributed by atoms with Crippen LogP contribution in [0.5, 0.6) is 5.75 Å². The molecule has 5 aromatic carbocycles. The summed E-state index contributed by atoms with van der Waals surface area (Å²) >= 11 is 6.36. The van der Waals surface area contributed by atoms with E-state index in [1.54, 1.807) is 12.1 Å². The van der Waals surface area contributed by atoms with Crippen LogP contribution in [0.3, 0.4) is 0 Å². The van der Waals surface area contributed by atoms with Crippen molar-refractivity contribution in [2.24, 2.45) is 10.2 Å². The topological polar surface area (TPSA) is 309 Å². The molecule has 0 unspecified atom stereocenters. The van der Waals surface area contributed by atoms with Crippen molar-refractivity contribution in [3.8, 4) is 5.75 Å². The molecule has 0 amide bonds. The van der Waals surface area contributed by atoms with Gasteiger partial charge in [-0.05, 0) is 58.8 Å². The third kappa shape index (κ3) is 8.32. The van der Waals surface area contributed by atoms with Crippen molar-refractivity contribution in [2.45, 2.75) is 19.6 Å². The molecule has 0 aliphatic heterocycles. The van der Waals surface area contributed by atoms with Gasteiger partial charge in [0.15, 0.2) is 5.75 Å². The Morgan fingerprint density at radius 3 is 2.06 bits per heavy atom. The zero-order valence-electron chi connectivity index (χ0n) is 26.3. The summed E-state index contributed by atoms with van der Waals surface area (Å²) in [4.78, 5) is 9.83. The molecule has 0 saturated carbocycles. The highest BCUT2D eigenvalue weighted by molar-refractivity contribution is 7.94. The van der Waals surface area contributed by atoms with E-state index in [1.807, 2.05) is 0 Å². The van der Waals surface area contributed by atoms with Gasteiger partial charge in [-0.2, -0.15) is 40.2 Å². The number of benzene rings is 5. The molecule has 6 rings (SSSR count). The highest BCUT2D eigenvalue weighted by atomic mass is 35.5. The first-order valence-electron chi connectivity index (χ1n) is 14.3. The SMILES string of the molecule is O=S(=O)(O)c1cc(Nc2nc(Cl)nc(Nc3ccccc3S(=O)(=O)O)n2)c2c(O)c(N=Nc3ccc4ccccc4c3S(=O)(=O)O)c(SOOO)cc2c1. The van der Waals surface area contributed by atoms with Gasteiger partial charge in [0.25, 0.3) is 30.4 Å². The van der Waals surface area contributed by atoms with E-state index in [0.29, 0.717) is 5.39 Å². The first kappa shape index (κ1) is 38.6. The molecule has 0 fully saturated rings. The minimum atomic E-state index is -4.94. The van der Waals surface area contributed by atoms with Crippen molar-refractivity contribution in [1.82, 2.24) is 15.0 Å². The number of nitrogens with one attached hydrogen (secondary N) is 2. The van der Waals surface area contributed by atoms with Gasteiger partial charge < -0.3 is 15.7 Å². The molecule has 6 aromatic rings. The lowest BCUT2D eigenvalue weighted by molar-refractivity contribution is -0.432. The van der Waals surface area contributed by atoms with Gasteiger partial charge in [0.05, 0.1) is 33.2 Å². The number of phenols is 1. The molecule has 0 atom stereocenters. The van der Waals surface area contributed by atoms with Crippen LogP contribution >= 0.6 is 23.6 Å². The second-order valence-electron chi connectivity index (χ2n) is 10.6. The molecule has 1 aromatic heterocycles. The Balaban J connectivity index is 1.52. The number of halogens is 1. The van der Waals surface area contributed by atoms with Gasteiger partial charge >= 0.3 is 0 Å². The van der Waals surface area contributed by atoms with Crippen LogP contribution in [-0.2, 0) is 39.7 Å². The quantitative estimate of drug-likeness (QED) is 0.0224. The zero-order chi connectivity index (χ0) is 39.0. The molecule has 280 valence electrons. The molecule has 20 nitrogen and oxygen atoms in total. The molecule has 0 spiro atoms. The van der Waals surface area contributed by atoms with Crippen LogP contribution in [0.4, 0.5) is 34.6 Å². The monoisotopic (exact) mass is 837 g/mol. The van der Waals surface area contributed by atoms with Gasteiger partial charge in [0, 0.05) is 10.8 Å². The van der Waals surface area contributed by atoms with Crippen molar-refractivity contribution in [1.29, 1.82) is 0 Å². The second-order valence-corrected chi connectivity index (χ2v) is 15.9. The van der Waals surface area contributed by atoms with Gasteiger partial charge in [0.1, 0.15) is 21.2 Å². The third-order valence-electron chi connectivity index (χ3n) is 7.22. The molecule has 54 heavy (non-hydrogen) atoms. The van der Waals surface area contributed by atoms with E-state index in [9.17, 15) is 44.0 Å². The Labute approximate surface area is 312 Å². The van der Waals surface area contributed by atoms with Crippen molar-refractivity contribution in [3.05, 3.63) is 84.1 Å². The smallest absolute Gasteiger partial charge is 0.297 e. The Kier molecular flexibility index (Phi) is 10.7. The van der Waals surface area contributed by atoms with Crippen molar-refractivity contribution in [3.63, 3.8) is 0 Å². The molecule has 0 aliphatic rings. The predicted octanol–water partition coefficient (Wildman–Crippen LogP) is 6.61. The number of aromatic nitrogens is 3. The molecule has 0 saturated heterocycles. The summed E-state index contributed by atoms with van der Waals surface area (Å²) in [5, 5.41) is 37.0. The van der Waals surface area contributed by atoms with Crippen molar-refractivity contribution >= 4 is 110 Å². The van der Waals surface area contributed by atoms with E-state index < -0.39 is 67.7 Å². The maximum Gasteiger partial charge on any atom is 0.297 e. The summed E-state index contributed by atoms with van der Waals surface area (Å²) in [6.07, 6.45) is 0. The lowest BCUT2D eigenvalue weighted by Gasteiger charge is -2.15. The number of fused-ring (bicyclic) bond motifs is 2. The van der Waals surface area contributed by atoms with Crippen LogP contribution in [0.1, 0.15) is 0 Å². The van der Waals surface area contributed by atoms with Crippen LogP contribution < -0.4 is 10.6 Å². The Morgan fingerprint density at radius 2 is 1.39 bits per heavy atom. The summed E-state index contributed by atoms with van der Waals surface area (Å²) < 4.78 is 107. The second kappa shape index (κ2) is 15.0. The molecule has 0 radical (unpaired) electrons. The Bertz CT molecular complexity index is 2850. The fraction of sp³-hybridized carbons (Fsp3) is 0. The molecule has 1 heterocycles. The van der Waals surface area contributed by atoms with E-state index in [1.165, 1.54) is 42.5 Å². The average Bonchev–Trinajstić information content (AvgIpc) is 3.08. The number of nitrogens with zero attached hydrogens (tertiary/aromatic N) is 5. The van der Waals surface area contributed by atoms with Gasteiger partial charge in [-0.15, -0.1) is 14.6 Å². The summed E-state index contributed by atoms with van der Waals surface area (Å²) in [6.45, 7) is 0. The van der Waals surface area contributed by atoms with Crippen LogP contribution in [0.25, 0.3) is 21.5 Å². The van der Waals surface area contributed by atoms with Gasteiger partial charge in [-0.25, -0.2) is 5.26 Å². The predicted molar refractivity (Wildman–Crippen MR) is 192 cm³/mol. The van der Waals surface area contributed by atoms with Crippen LogP contribution in [-0.4, -0.2) is 64.2 Å². The van der Waals surface area contributed by atoms with Crippen LogP contribution in [0, 0.1) is 0 Å². The molecular formula is C29H20ClN7O13S4. The van der Waals surface area contributed by atoms with E-state index in [4.69, 9.17) is 16.9 Å². The number of hydrogen-bond donors (Lipinski definition) is 7. The third-order valence-corrected chi connectivity index (χ3v) is 10.7. The fourth-order valence-corrected chi connectivity index (χ4v) is 7.78. The normalized spacial score (nSPS) is 12.5. The lowest BCUT2D eigenvalue weighted by atomic mass is 10.1. The average molecular weight is 838 g/mol. The first-order valence-corrected chi connectivity index (χ1v) is 19.8. The van der Waals surface area contributed by atoms with E-state index >= 15 is 0 Å². The summed E-state index contributed by atoms with van der Waals surface area (Å²) in [6, 6.07) is 17.1. The number of anilines is 4. The zero-order valence-corrected chi connectivity index (χ0v) is 30.3. The minimum Gasteiger partial charge on any atom is -0.505 e. The van der Waals surface area contributed by atoms with Crippen molar-refractivity contribution in [2.75, 3.05) is 10.6 Å². The molecule has 0 aliphatic carbocycles. The summed E-state index contributed by atoms with van der Waals surface area (Å²) in [5.74, 6) is -1.57. The highest BCUT2D eigenvalue weighted by Crippen LogP contribution is 2.48. The van der Waals surface area contributed by atoms with E-state index in [0.717, 1.165) is 24.3 Å². The fourth-order valence-electron chi connectivity index (χ4n) is 5.10. The van der Waals surface area contributed by atoms with Gasteiger partial charge in [0.2, 0.25) is 17.2 Å². The van der Waals surface area contributed by atoms with E-state index in [2.05, 4.69) is 45.2 Å². The maximum absolute atomic E-state index is 12.5. The van der Waals surface area contributed by atoms with Crippen molar-refractivity contribution < 1.29 is 58.6 Å². The number of azo groups is 1. The molecule has 25 heteroatoms. The molecule has 7 N–H and O–H groups in total. The van der Waals surface area contributed by atoms with E-state index in [-0.39, 0.29) is 56.1 Å². The van der Waals surface area contributed by atoms with Crippen LogP contribution in [0.15, 0.2) is 109 Å². The van der Waals surface area contributed by atoms with Gasteiger partial charge in [-0.3, -0.25) is 13.7 Å². The highest BCUT2D eigenvalue weighted by Gasteiger charge is 2.24. The lowest BCUT2D eigenvalue weighted by Crippen LogP contribution is -2.08. The Morgan fingerprint density at radius 1 is 0.722 bits per heavy atom. The Hall–Kier alpha value is -5.12. The molecular weight excluding hydrogens is 818 g/mol. The maximum atomic E-state index is 12.5. The summed E-state index contributed by atoms with van der Waals surface area (Å²) in [5.41, 5.74) is -1.32. The summed E-state index contributed by atoms with van der Waals surface area (Å²) in [7, 11) is -14.5. The minimum absolute atomic E-state index is 0.0985.